The minimum atomic E-state index is -0.365. The van der Waals surface area contributed by atoms with Crippen LogP contribution in [0.4, 0.5) is 0 Å². The van der Waals surface area contributed by atoms with Crippen LogP contribution >= 0.6 is 0 Å². The summed E-state index contributed by atoms with van der Waals surface area (Å²) in [4.78, 5) is 2.55. The quantitative estimate of drug-likeness (QED) is 0.798. The number of hydrogen-bond donors (Lipinski definition) is 1. The molecule has 1 heterocycles. The molecule has 2 heteroatoms. The molecule has 16 heavy (non-hydrogen) atoms. The number of nitrogens with zero attached hydrogens (tertiary/aromatic N) is 1. The number of rotatable bonds is 3. The van der Waals surface area contributed by atoms with Gasteiger partial charge in [0.2, 0.25) is 0 Å². The Morgan fingerprint density at radius 1 is 1.19 bits per heavy atom. The minimum absolute atomic E-state index is 0.365. The Kier molecular flexibility index (Phi) is 3.91. The summed E-state index contributed by atoms with van der Waals surface area (Å²) in [5.74, 6) is 0.731. The summed E-state index contributed by atoms with van der Waals surface area (Å²) in [7, 11) is 0. The van der Waals surface area contributed by atoms with Crippen molar-refractivity contribution in [2.75, 3.05) is 13.1 Å². The second-order valence-corrected chi connectivity index (χ2v) is 6.21. The lowest BCUT2D eigenvalue weighted by atomic mass is 9.84. The Bertz CT molecular complexity index is 221. The molecule has 0 amide bonds. The number of likely N-dealkylation sites (tertiary alicyclic amines) is 1. The summed E-state index contributed by atoms with van der Waals surface area (Å²) in [6.07, 6.45) is 8.44. The summed E-state index contributed by atoms with van der Waals surface area (Å²) >= 11 is 0. The first kappa shape index (κ1) is 12.4. The standard InChI is InChI=1S/C14H27NO/c1-12(2)13-7-6-10-15(13)11-14(16)8-4-3-5-9-14/h12-13,16H,3-11H2,1-2H3. The molecule has 1 atom stereocenters. The first-order valence-corrected chi connectivity index (χ1v) is 7.07. The van der Waals surface area contributed by atoms with Crippen molar-refractivity contribution in [1.29, 1.82) is 0 Å². The van der Waals surface area contributed by atoms with Crippen LogP contribution < -0.4 is 0 Å². The molecule has 1 N–H and O–H groups in total. The zero-order valence-electron chi connectivity index (χ0n) is 10.9. The molecule has 0 bridgehead atoms. The van der Waals surface area contributed by atoms with Gasteiger partial charge >= 0.3 is 0 Å². The zero-order chi connectivity index (χ0) is 11.6. The van der Waals surface area contributed by atoms with Crippen molar-refractivity contribution in [2.45, 2.75) is 70.4 Å². The van der Waals surface area contributed by atoms with Gasteiger partial charge in [0.1, 0.15) is 0 Å². The monoisotopic (exact) mass is 225 g/mol. The predicted molar refractivity (Wildman–Crippen MR) is 67.5 cm³/mol. The largest absolute Gasteiger partial charge is 0.389 e. The van der Waals surface area contributed by atoms with E-state index in [4.69, 9.17) is 0 Å². The van der Waals surface area contributed by atoms with Crippen molar-refractivity contribution in [3.8, 4) is 0 Å². The van der Waals surface area contributed by atoms with Crippen molar-refractivity contribution in [1.82, 2.24) is 4.90 Å². The summed E-state index contributed by atoms with van der Waals surface area (Å²) in [6, 6.07) is 0.714. The Morgan fingerprint density at radius 2 is 1.88 bits per heavy atom. The Balaban J connectivity index is 1.92. The van der Waals surface area contributed by atoms with Gasteiger partial charge < -0.3 is 5.11 Å². The highest BCUT2D eigenvalue weighted by Crippen LogP contribution is 2.32. The molecule has 0 spiro atoms. The van der Waals surface area contributed by atoms with Crippen LogP contribution in [0.15, 0.2) is 0 Å². The van der Waals surface area contributed by atoms with Crippen LogP contribution in [0.5, 0.6) is 0 Å². The van der Waals surface area contributed by atoms with Gasteiger partial charge in [0.25, 0.3) is 0 Å². The Hall–Kier alpha value is -0.0800. The fourth-order valence-corrected chi connectivity index (χ4v) is 3.55. The molecule has 1 saturated carbocycles. The summed E-state index contributed by atoms with van der Waals surface area (Å²) < 4.78 is 0. The Morgan fingerprint density at radius 3 is 2.50 bits per heavy atom. The van der Waals surface area contributed by atoms with Crippen molar-refractivity contribution in [3.63, 3.8) is 0 Å². The SMILES string of the molecule is CC(C)C1CCCN1CC1(O)CCCCC1. The molecule has 0 aromatic rings. The van der Waals surface area contributed by atoms with E-state index < -0.39 is 0 Å². The third-order valence-corrected chi connectivity index (χ3v) is 4.47. The maximum Gasteiger partial charge on any atom is 0.0774 e. The highest BCUT2D eigenvalue weighted by atomic mass is 16.3. The summed E-state index contributed by atoms with van der Waals surface area (Å²) in [6.45, 7) is 6.75. The number of aliphatic hydroxyl groups is 1. The number of hydrogen-bond acceptors (Lipinski definition) is 2. The van der Waals surface area contributed by atoms with E-state index in [1.165, 1.54) is 38.6 Å². The Labute approximate surface area is 100 Å². The van der Waals surface area contributed by atoms with Crippen LogP contribution in [0.25, 0.3) is 0 Å². The predicted octanol–water partition coefficient (Wildman–Crippen LogP) is 2.80. The second-order valence-electron chi connectivity index (χ2n) is 6.21. The first-order chi connectivity index (χ1) is 7.61. The van der Waals surface area contributed by atoms with Crippen molar-refractivity contribution >= 4 is 0 Å². The molecular weight excluding hydrogens is 198 g/mol. The molecule has 1 aliphatic heterocycles. The molecule has 1 aliphatic carbocycles. The van der Waals surface area contributed by atoms with Gasteiger partial charge in [0.05, 0.1) is 5.60 Å². The average Bonchev–Trinajstić information content (AvgIpc) is 2.66. The molecule has 2 nitrogen and oxygen atoms in total. The van der Waals surface area contributed by atoms with E-state index in [0.717, 1.165) is 25.3 Å². The summed E-state index contributed by atoms with van der Waals surface area (Å²) in [5, 5.41) is 10.6. The van der Waals surface area contributed by atoms with E-state index in [1.807, 2.05) is 0 Å². The molecule has 2 rings (SSSR count). The lowest BCUT2D eigenvalue weighted by Gasteiger charge is -2.38. The van der Waals surface area contributed by atoms with Crippen LogP contribution in [0.2, 0.25) is 0 Å². The van der Waals surface area contributed by atoms with E-state index in [-0.39, 0.29) is 5.60 Å². The number of β-amino-alcohol motifs (C(OH)–C–C–N with tert-alkyl or cyclic N) is 1. The fourth-order valence-electron chi connectivity index (χ4n) is 3.55. The lowest BCUT2D eigenvalue weighted by molar-refractivity contribution is -0.0324. The fraction of sp³-hybridized carbons (Fsp3) is 1.00. The van der Waals surface area contributed by atoms with Gasteiger partial charge in [-0.25, -0.2) is 0 Å². The minimum Gasteiger partial charge on any atom is -0.389 e. The molecule has 0 aromatic carbocycles. The van der Waals surface area contributed by atoms with Gasteiger partial charge in [-0.05, 0) is 38.1 Å². The van der Waals surface area contributed by atoms with Gasteiger partial charge in [-0.2, -0.15) is 0 Å². The van der Waals surface area contributed by atoms with Gasteiger partial charge in [-0.15, -0.1) is 0 Å². The second kappa shape index (κ2) is 5.05. The van der Waals surface area contributed by atoms with Crippen LogP contribution in [0.1, 0.15) is 58.8 Å². The third kappa shape index (κ3) is 2.78. The van der Waals surface area contributed by atoms with E-state index in [1.54, 1.807) is 0 Å². The highest BCUT2D eigenvalue weighted by Gasteiger charge is 2.36. The van der Waals surface area contributed by atoms with Crippen LogP contribution in [0.3, 0.4) is 0 Å². The molecule has 1 saturated heterocycles. The van der Waals surface area contributed by atoms with Gasteiger partial charge in [-0.3, -0.25) is 4.90 Å². The average molecular weight is 225 g/mol. The van der Waals surface area contributed by atoms with Crippen molar-refractivity contribution < 1.29 is 5.11 Å². The van der Waals surface area contributed by atoms with Crippen LogP contribution in [-0.2, 0) is 0 Å². The lowest BCUT2D eigenvalue weighted by Crippen LogP contribution is -2.47. The molecular formula is C14H27NO. The molecule has 2 aliphatic rings. The van der Waals surface area contributed by atoms with Crippen molar-refractivity contribution in [2.24, 2.45) is 5.92 Å². The highest BCUT2D eigenvalue weighted by molar-refractivity contribution is 4.90. The molecule has 0 aromatic heterocycles. The van der Waals surface area contributed by atoms with E-state index in [9.17, 15) is 5.11 Å². The zero-order valence-corrected chi connectivity index (χ0v) is 10.9. The van der Waals surface area contributed by atoms with Crippen LogP contribution in [-0.4, -0.2) is 34.7 Å². The van der Waals surface area contributed by atoms with Gasteiger partial charge in [0, 0.05) is 12.6 Å². The van der Waals surface area contributed by atoms with E-state index in [0.29, 0.717) is 6.04 Å². The molecule has 1 unspecified atom stereocenters. The maximum absolute atomic E-state index is 10.6. The van der Waals surface area contributed by atoms with Crippen molar-refractivity contribution in [3.05, 3.63) is 0 Å². The van der Waals surface area contributed by atoms with E-state index in [2.05, 4.69) is 18.7 Å². The molecule has 0 radical (unpaired) electrons. The van der Waals surface area contributed by atoms with Gasteiger partial charge in [0.15, 0.2) is 0 Å². The molecule has 94 valence electrons. The van der Waals surface area contributed by atoms with Crippen LogP contribution in [0, 0.1) is 5.92 Å². The maximum atomic E-state index is 10.6. The first-order valence-electron chi connectivity index (χ1n) is 7.07. The normalized spacial score (nSPS) is 31.1. The third-order valence-electron chi connectivity index (χ3n) is 4.47. The van der Waals surface area contributed by atoms with E-state index >= 15 is 0 Å². The molecule has 2 fully saturated rings. The summed E-state index contributed by atoms with van der Waals surface area (Å²) in [5.41, 5.74) is -0.365. The smallest absolute Gasteiger partial charge is 0.0774 e. The van der Waals surface area contributed by atoms with Gasteiger partial charge in [-0.1, -0.05) is 33.1 Å². The topological polar surface area (TPSA) is 23.5 Å².